The van der Waals surface area contributed by atoms with Crippen molar-refractivity contribution in [2.75, 3.05) is 30.0 Å². The highest BCUT2D eigenvalue weighted by atomic mass is 79.9. The summed E-state index contributed by atoms with van der Waals surface area (Å²) in [5.41, 5.74) is 1.73. The molecule has 0 unspecified atom stereocenters. The summed E-state index contributed by atoms with van der Waals surface area (Å²) < 4.78 is 27.5. The van der Waals surface area contributed by atoms with Gasteiger partial charge in [0.05, 0.1) is 16.9 Å². The first-order valence-electron chi connectivity index (χ1n) is 8.79. The van der Waals surface area contributed by atoms with Gasteiger partial charge < -0.3 is 10.6 Å². The number of rotatable bonds is 6. The summed E-state index contributed by atoms with van der Waals surface area (Å²) in [6, 6.07) is 5.78. The molecule has 148 valence electrons. The van der Waals surface area contributed by atoms with Crippen molar-refractivity contribution >= 4 is 43.2 Å². The molecule has 3 aromatic heterocycles. The monoisotopic (exact) mass is 465 g/mol. The fraction of sp³-hybridized carbons (Fsp3) is 0.353. The van der Waals surface area contributed by atoms with Crippen LogP contribution in [0.1, 0.15) is 12.0 Å². The van der Waals surface area contributed by atoms with Crippen molar-refractivity contribution in [2.24, 2.45) is 0 Å². The number of hydrogen-bond acceptors (Lipinski definition) is 7. The fourth-order valence-electron chi connectivity index (χ4n) is 3.19. The molecule has 11 heteroatoms. The first-order valence-corrected chi connectivity index (χ1v) is 11.4. The number of hydrogen-bond donors (Lipinski definition) is 2. The molecule has 2 N–H and O–H groups in total. The summed E-state index contributed by atoms with van der Waals surface area (Å²) in [6.07, 6.45) is 7.22. The molecule has 4 heterocycles. The zero-order chi connectivity index (χ0) is 19.7. The highest BCUT2D eigenvalue weighted by Crippen LogP contribution is 2.24. The maximum Gasteiger partial charge on any atom is 0.211 e. The van der Waals surface area contributed by atoms with Crippen LogP contribution in [0.5, 0.6) is 0 Å². The van der Waals surface area contributed by atoms with Gasteiger partial charge in [-0.15, -0.1) is 0 Å². The van der Waals surface area contributed by atoms with Gasteiger partial charge in [-0.2, -0.15) is 9.61 Å². The van der Waals surface area contributed by atoms with Gasteiger partial charge in [-0.1, -0.05) is 6.07 Å². The quantitative estimate of drug-likeness (QED) is 0.572. The van der Waals surface area contributed by atoms with E-state index in [2.05, 4.69) is 41.6 Å². The van der Waals surface area contributed by atoms with Crippen molar-refractivity contribution in [3.63, 3.8) is 0 Å². The molecule has 3 aromatic rings. The standard InChI is InChI=1S/C17H20BrN7O2S/c1-28(26,27)24-6-4-13(11-24)22-15-7-16(20-9-12-3-2-5-19-8-12)25-17(23-15)14(18)10-21-25/h2-3,5,7-8,10,13,20H,4,6,9,11H2,1H3,(H,22,23)/t13-/m0/s1. The van der Waals surface area contributed by atoms with E-state index in [0.29, 0.717) is 31.1 Å². The summed E-state index contributed by atoms with van der Waals surface area (Å²) in [4.78, 5) is 8.75. The van der Waals surface area contributed by atoms with Crippen LogP contribution >= 0.6 is 15.9 Å². The van der Waals surface area contributed by atoms with Crippen LogP contribution in [-0.4, -0.2) is 57.7 Å². The summed E-state index contributed by atoms with van der Waals surface area (Å²) in [7, 11) is -3.17. The van der Waals surface area contributed by atoms with Gasteiger partial charge in [0, 0.05) is 44.1 Å². The van der Waals surface area contributed by atoms with Crippen LogP contribution < -0.4 is 10.6 Å². The molecule has 1 atom stereocenters. The lowest BCUT2D eigenvalue weighted by Crippen LogP contribution is -2.30. The van der Waals surface area contributed by atoms with E-state index < -0.39 is 10.0 Å². The number of pyridine rings is 1. The van der Waals surface area contributed by atoms with Crippen LogP contribution in [0.4, 0.5) is 11.6 Å². The number of nitrogens with one attached hydrogen (secondary N) is 2. The van der Waals surface area contributed by atoms with Gasteiger partial charge >= 0.3 is 0 Å². The van der Waals surface area contributed by atoms with E-state index in [1.165, 1.54) is 10.6 Å². The minimum absolute atomic E-state index is 0.0116. The van der Waals surface area contributed by atoms with E-state index in [9.17, 15) is 8.42 Å². The van der Waals surface area contributed by atoms with Crippen LogP contribution in [0.15, 0.2) is 41.3 Å². The Morgan fingerprint density at radius 1 is 1.36 bits per heavy atom. The van der Waals surface area contributed by atoms with Crippen molar-refractivity contribution in [1.29, 1.82) is 0 Å². The summed E-state index contributed by atoms with van der Waals surface area (Å²) in [5, 5.41) is 11.1. The van der Waals surface area contributed by atoms with Crippen molar-refractivity contribution in [2.45, 2.75) is 19.0 Å². The Morgan fingerprint density at radius 3 is 2.93 bits per heavy atom. The molecule has 0 saturated carbocycles. The van der Waals surface area contributed by atoms with Gasteiger partial charge in [-0.05, 0) is 34.0 Å². The number of anilines is 2. The first-order chi connectivity index (χ1) is 13.4. The van der Waals surface area contributed by atoms with Gasteiger partial charge in [0.15, 0.2) is 5.65 Å². The maximum atomic E-state index is 11.7. The van der Waals surface area contributed by atoms with E-state index >= 15 is 0 Å². The van der Waals surface area contributed by atoms with Gasteiger partial charge in [0.25, 0.3) is 0 Å². The first kappa shape index (κ1) is 19.1. The summed E-state index contributed by atoms with van der Waals surface area (Å²) >= 11 is 3.48. The Labute approximate surface area is 171 Å². The largest absolute Gasteiger partial charge is 0.366 e. The van der Waals surface area contributed by atoms with E-state index in [-0.39, 0.29) is 6.04 Å². The summed E-state index contributed by atoms with van der Waals surface area (Å²) in [5.74, 6) is 1.45. The molecule has 9 nitrogen and oxygen atoms in total. The van der Waals surface area contributed by atoms with Crippen LogP contribution in [0, 0.1) is 0 Å². The molecular weight excluding hydrogens is 446 g/mol. The second-order valence-electron chi connectivity index (χ2n) is 6.72. The zero-order valence-electron chi connectivity index (χ0n) is 15.2. The highest BCUT2D eigenvalue weighted by molar-refractivity contribution is 9.10. The summed E-state index contributed by atoms with van der Waals surface area (Å²) in [6.45, 7) is 1.54. The van der Waals surface area contributed by atoms with Crippen molar-refractivity contribution in [3.8, 4) is 0 Å². The van der Waals surface area contributed by atoms with Crippen LogP contribution in [-0.2, 0) is 16.6 Å². The second kappa shape index (κ2) is 7.64. The molecule has 0 amide bonds. The minimum atomic E-state index is -3.17. The Hall–Kier alpha value is -2.24. The molecule has 0 aromatic carbocycles. The van der Waals surface area contributed by atoms with Gasteiger partial charge in [-0.3, -0.25) is 4.98 Å². The Bertz CT molecular complexity index is 1090. The Kier molecular flexibility index (Phi) is 5.21. The Morgan fingerprint density at radius 2 is 2.21 bits per heavy atom. The van der Waals surface area contributed by atoms with E-state index in [1.54, 1.807) is 16.9 Å². The smallest absolute Gasteiger partial charge is 0.211 e. The van der Waals surface area contributed by atoms with Crippen molar-refractivity contribution in [1.82, 2.24) is 23.9 Å². The average Bonchev–Trinajstić information content (AvgIpc) is 3.28. The molecule has 1 fully saturated rings. The van der Waals surface area contributed by atoms with Gasteiger partial charge in [0.2, 0.25) is 10.0 Å². The molecule has 0 radical (unpaired) electrons. The molecule has 1 aliphatic heterocycles. The number of fused-ring (bicyclic) bond motifs is 1. The third-order valence-corrected chi connectivity index (χ3v) is 6.43. The molecule has 0 spiro atoms. The van der Waals surface area contributed by atoms with Gasteiger partial charge in [0.1, 0.15) is 11.6 Å². The lowest BCUT2D eigenvalue weighted by atomic mass is 10.2. The van der Waals surface area contributed by atoms with E-state index in [1.807, 2.05) is 24.4 Å². The molecule has 28 heavy (non-hydrogen) atoms. The third-order valence-electron chi connectivity index (χ3n) is 4.60. The number of aromatic nitrogens is 4. The molecular formula is C17H20BrN7O2S. The highest BCUT2D eigenvalue weighted by Gasteiger charge is 2.28. The topological polar surface area (TPSA) is 105 Å². The predicted molar refractivity (Wildman–Crippen MR) is 111 cm³/mol. The molecule has 4 rings (SSSR count). The second-order valence-corrected chi connectivity index (χ2v) is 9.56. The average molecular weight is 466 g/mol. The van der Waals surface area contributed by atoms with Crippen LogP contribution in [0.3, 0.4) is 0 Å². The van der Waals surface area contributed by atoms with Crippen molar-refractivity contribution in [3.05, 3.63) is 46.8 Å². The van der Waals surface area contributed by atoms with E-state index in [0.717, 1.165) is 22.3 Å². The van der Waals surface area contributed by atoms with Crippen LogP contribution in [0.25, 0.3) is 5.65 Å². The molecule has 0 aliphatic carbocycles. The lowest BCUT2D eigenvalue weighted by Gasteiger charge is -2.16. The predicted octanol–water partition coefficient (Wildman–Crippen LogP) is 1.94. The zero-order valence-corrected chi connectivity index (χ0v) is 17.6. The molecule has 1 aliphatic rings. The molecule has 0 bridgehead atoms. The number of nitrogens with zero attached hydrogens (tertiary/aromatic N) is 5. The number of sulfonamides is 1. The maximum absolute atomic E-state index is 11.7. The third kappa shape index (κ3) is 4.10. The van der Waals surface area contributed by atoms with Gasteiger partial charge in [-0.25, -0.2) is 17.7 Å². The normalized spacial score (nSPS) is 17.9. The Balaban J connectivity index is 1.56. The lowest BCUT2D eigenvalue weighted by molar-refractivity contribution is 0.480. The van der Waals surface area contributed by atoms with E-state index in [4.69, 9.17) is 0 Å². The fourth-order valence-corrected chi connectivity index (χ4v) is 4.42. The van der Waals surface area contributed by atoms with Crippen LogP contribution in [0.2, 0.25) is 0 Å². The minimum Gasteiger partial charge on any atom is -0.366 e. The molecule has 1 saturated heterocycles. The SMILES string of the molecule is CS(=O)(=O)N1CC[C@H](Nc2cc(NCc3cccnc3)n3ncc(Br)c3n2)C1. The van der Waals surface area contributed by atoms with Crippen molar-refractivity contribution < 1.29 is 8.42 Å². The number of halogens is 1.